The van der Waals surface area contributed by atoms with Crippen LogP contribution in [0.15, 0.2) is 60.9 Å². The maximum atomic E-state index is 11.6. The van der Waals surface area contributed by atoms with Gasteiger partial charge in [-0.05, 0) is 73.2 Å². The van der Waals surface area contributed by atoms with E-state index in [0.29, 0.717) is 29.2 Å². The summed E-state index contributed by atoms with van der Waals surface area (Å²) in [6.07, 6.45) is 22.6. The van der Waals surface area contributed by atoms with Crippen molar-refractivity contribution < 1.29 is 38.9 Å². The second-order valence-corrected chi connectivity index (χ2v) is 13.1. The zero-order chi connectivity index (χ0) is 39.4. The number of hydrogen-bond acceptors (Lipinski definition) is 9. The van der Waals surface area contributed by atoms with E-state index in [4.69, 9.17) is 30.5 Å². The maximum Gasteiger partial charge on any atom is 2.00 e. The first kappa shape index (κ1) is 48.8. The Kier molecular flexibility index (Phi) is 26.6. The molecule has 13 heteroatoms. The molecule has 0 amide bonds. The van der Waals surface area contributed by atoms with Gasteiger partial charge in [0.2, 0.25) is 0 Å². The molecule has 0 aliphatic heterocycles. The number of aryl methyl sites for hydroxylation is 2. The molecule has 0 saturated heterocycles. The van der Waals surface area contributed by atoms with Crippen LogP contribution in [-0.2, 0) is 37.1 Å². The quantitative estimate of drug-likeness (QED) is 0.0265. The Morgan fingerprint density at radius 3 is 1.56 bits per heavy atom. The standard InChI is InChI=1S/C40H50N4O4.2CNS.Ru/c1-3-5-7-9-11-13-15-17-30-19-21-41-34(23-30)36-24-31(18-16-14-12-10-8-6-4-2)25-37(43-36)39-28-33(48-29-45)27-38(44-39)35-26-32(40(46)47)20-22-42-35;2*2-1-3;/h19-29H,3-18H2,1-2H3,(H,46,47);;;/q;2*-1;+2. The van der Waals surface area contributed by atoms with E-state index in [9.17, 15) is 14.7 Å². The molecular weight excluding hydrogens is 818 g/mol. The van der Waals surface area contributed by atoms with Gasteiger partial charge in [-0.3, -0.25) is 14.8 Å². The van der Waals surface area contributed by atoms with Crippen LogP contribution < -0.4 is 4.74 Å². The summed E-state index contributed by atoms with van der Waals surface area (Å²) < 4.78 is 5.26. The molecule has 0 radical (unpaired) electrons. The fraction of sp³-hybridized carbons (Fsp3) is 0.429. The van der Waals surface area contributed by atoms with Crippen LogP contribution >= 0.6 is 24.4 Å². The molecule has 0 fully saturated rings. The van der Waals surface area contributed by atoms with Gasteiger partial charge in [0.1, 0.15) is 5.75 Å². The zero-order valence-corrected chi connectivity index (χ0v) is 35.1. The minimum absolute atomic E-state index is 0. The topological polar surface area (TPSA) is 160 Å². The molecule has 0 unspecified atom stereocenters. The van der Waals surface area contributed by atoms with E-state index in [0.717, 1.165) is 42.6 Å². The number of isothiocyanates is 2. The van der Waals surface area contributed by atoms with Gasteiger partial charge in [0.25, 0.3) is 6.47 Å². The third-order valence-electron chi connectivity index (χ3n) is 8.62. The van der Waals surface area contributed by atoms with Crippen molar-refractivity contribution in [3.8, 4) is 39.9 Å². The van der Waals surface area contributed by atoms with Crippen molar-refractivity contribution in [2.75, 3.05) is 0 Å². The molecule has 0 aliphatic rings. The Morgan fingerprint density at radius 2 is 1.05 bits per heavy atom. The number of aromatic carboxylic acids is 1. The number of pyridine rings is 4. The van der Waals surface area contributed by atoms with E-state index in [-0.39, 0.29) is 30.8 Å². The number of thiocarbonyl (C=S) groups is 2. The molecule has 0 bridgehead atoms. The molecule has 4 aromatic heterocycles. The van der Waals surface area contributed by atoms with E-state index >= 15 is 0 Å². The van der Waals surface area contributed by atoms with E-state index in [2.05, 4.69) is 61.5 Å². The number of rotatable bonds is 22. The average molecular weight is 868 g/mol. The summed E-state index contributed by atoms with van der Waals surface area (Å²) >= 11 is 7.40. The van der Waals surface area contributed by atoms with Crippen molar-refractivity contribution in [1.29, 1.82) is 0 Å². The van der Waals surface area contributed by atoms with Gasteiger partial charge in [0.05, 0.1) is 39.7 Å². The second-order valence-electron chi connectivity index (χ2n) is 12.7. The molecule has 0 aromatic carbocycles. The van der Waals surface area contributed by atoms with Crippen molar-refractivity contribution >= 4 is 47.2 Å². The smallest absolute Gasteiger partial charge is 0.753 e. The van der Waals surface area contributed by atoms with Crippen LogP contribution in [0.5, 0.6) is 5.75 Å². The Hall–Kier alpha value is -4.24. The van der Waals surface area contributed by atoms with Crippen LogP contribution in [0.2, 0.25) is 0 Å². The van der Waals surface area contributed by atoms with Gasteiger partial charge in [0, 0.05) is 24.5 Å². The van der Waals surface area contributed by atoms with Crippen molar-refractivity contribution in [1.82, 2.24) is 19.9 Å². The molecule has 55 heavy (non-hydrogen) atoms. The van der Waals surface area contributed by atoms with Crippen molar-refractivity contribution in [2.45, 2.75) is 117 Å². The normalized spacial score (nSPS) is 9.93. The van der Waals surface area contributed by atoms with Gasteiger partial charge in [0.15, 0.2) is 0 Å². The number of carboxylic acids is 1. The summed E-state index contributed by atoms with van der Waals surface area (Å²) in [5.41, 5.74) is 5.90. The number of aromatic nitrogens is 4. The van der Waals surface area contributed by atoms with Crippen LogP contribution in [0.25, 0.3) is 45.0 Å². The van der Waals surface area contributed by atoms with Crippen LogP contribution in [0, 0.1) is 0 Å². The van der Waals surface area contributed by atoms with Crippen molar-refractivity contribution in [3.63, 3.8) is 0 Å². The molecular formula is C42H50N6O4RuS2. The van der Waals surface area contributed by atoms with Gasteiger partial charge in [-0.1, -0.05) is 115 Å². The minimum Gasteiger partial charge on any atom is -0.753 e. The van der Waals surface area contributed by atoms with Gasteiger partial charge >= 0.3 is 25.4 Å². The Labute approximate surface area is 349 Å². The fourth-order valence-corrected chi connectivity index (χ4v) is 5.93. The Morgan fingerprint density at radius 1 is 0.655 bits per heavy atom. The van der Waals surface area contributed by atoms with Gasteiger partial charge in [-0.15, -0.1) is 0 Å². The molecule has 4 rings (SSSR count). The number of nitrogens with zero attached hydrogens (tertiary/aromatic N) is 6. The van der Waals surface area contributed by atoms with Gasteiger partial charge < -0.3 is 20.7 Å². The Balaban J connectivity index is 0.00000202. The predicted octanol–water partition coefficient (Wildman–Crippen LogP) is 11.4. The second kappa shape index (κ2) is 30.0. The monoisotopic (exact) mass is 868 g/mol. The van der Waals surface area contributed by atoms with Gasteiger partial charge in [-0.2, -0.15) is 10.3 Å². The number of carbonyl (C=O) groups excluding carboxylic acids is 1. The first-order valence-electron chi connectivity index (χ1n) is 18.6. The van der Waals surface area contributed by atoms with Crippen molar-refractivity contribution in [2.24, 2.45) is 0 Å². The average Bonchev–Trinajstić information content (AvgIpc) is 3.18. The summed E-state index contributed by atoms with van der Waals surface area (Å²) in [5, 5.41) is 26.5. The molecule has 0 aliphatic carbocycles. The van der Waals surface area contributed by atoms with Crippen LogP contribution in [0.3, 0.4) is 0 Å². The number of ether oxygens (including phenoxy) is 1. The van der Waals surface area contributed by atoms with Crippen LogP contribution in [0.4, 0.5) is 0 Å². The summed E-state index contributed by atoms with van der Waals surface area (Å²) in [7, 11) is 0. The molecule has 0 atom stereocenters. The van der Waals surface area contributed by atoms with E-state index in [1.807, 2.05) is 12.3 Å². The number of carbonyl (C=O) groups is 2. The maximum absolute atomic E-state index is 11.6. The number of carboxylic acid groups (broad SMARTS) is 1. The first-order valence-corrected chi connectivity index (χ1v) is 19.5. The third-order valence-corrected chi connectivity index (χ3v) is 8.62. The summed E-state index contributed by atoms with van der Waals surface area (Å²) in [5.74, 6) is -0.798. The molecule has 0 saturated carbocycles. The number of unbranched alkanes of at least 4 members (excludes halogenated alkanes) is 12. The Bertz CT molecular complexity index is 1800. The molecule has 0 spiro atoms. The molecule has 292 valence electrons. The first-order chi connectivity index (χ1) is 26.3. The summed E-state index contributed by atoms with van der Waals surface area (Å²) in [4.78, 5) is 41.9. The van der Waals surface area contributed by atoms with Crippen LogP contribution in [0.1, 0.15) is 125 Å². The predicted molar refractivity (Wildman–Crippen MR) is 223 cm³/mol. The molecule has 10 nitrogen and oxygen atoms in total. The molecule has 1 N–H and O–H groups in total. The largest absolute Gasteiger partial charge is 2.00 e. The molecule has 4 heterocycles. The van der Waals surface area contributed by atoms with Crippen molar-refractivity contribution in [3.05, 3.63) is 88.4 Å². The summed E-state index contributed by atoms with van der Waals surface area (Å²) in [6, 6.07) is 14.5. The van der Waals surface area contributed by atoms with E-state index in [1.54, 1.807) is 12.1 Å². The van der Waals surface area contributed by atoms with Crippen LogP contribution in [-0.4, -0.2) is 47.8 Å². The van der Waals surface area contributed by atoms with E-state index in [1.165, 1.54) is 111 Å². The minimum atomic E-state index is -1.06. The fourth-order valence-electron chi connectivity index (χ4n) is 5.93. The summed E-state index contributed by atoms with van der Waals surface area (Å²) in [6.45, 7) is 4.85. The van der Waals surface area contributed by atoms with Gasteiger partial charge in [-0.25, -0.2) is 14.8 Å². The van der Waals surface area contributed by atoms with E-state index < -0.39 is 5.97 Å². The zero-order valence-electron chi connectivity index (χ0n) is 31.7. The SMILES string of the molecule is CCCCCCCCCc1ccnc(-c2cc(CCCCCCCCC)cc(-c3cc(OC=O)cc(-c4cc(C(=O)O)ccn4)n3)n2)c1.[N-]=C=S.[N-]=C=S.[Ru+2]. The number of hydrogen-bond donors (Lipinski definition) is 1. The molecule has 4 aromatic rings. The third kappa shape index (κ3) is 19.3.